The molecule has 2 rings (SSSR count). The first-order valence-electron chi connectivity index (χ1n) is 5.13. The van der Waals surface area contributed by atoms with Gasteiger partial charge in [-0.25, -0.2) is 0 Å². The summed E-state index contributed by atoms with van der Waals surface area (Å²) in [6.07, 6.45) is 2.91. The highest BCUT2D eigenvalue weighted by molar-refractivity contribution is 5.89. The Labute approximate surface area is 89.2 Å². The van der Waals surface area contributed by atoms with Gasteiger partial charge in [0, 0.05) is 0 Å². The maximum absolute atomic E-state index is 10.9. The highest BCUT2D eigenvalue weighted by Gasteiger charge is 2.24. The van der Waals surface area contributed by atoms with E-state index in [-0.39, 0.29) is 0 Å². The van der Waals surface area contributed by atoms with Crippen LogP contribution in [0.5, 0.6) is 0 Å². The van der Waals surface area contributed by atoms with Crippen molar-refractivity contribution in [2.24, 2.45) is 5.92 Å². The molecule has 0 saturated carbocycles. The van der Waals surface area contributed by atoms with E-state index in [1.165, 1.54) is 11.1 Å². The Morgan fingerprint density at radius 2 is 2.20 bits per heavy atom. The second-order valence-corrected chi connectivity index (χ2v) is 4.02. The van der Waals surface area contributed by atoms with Crippen LogP contribution in [0.1, 0.15) is 23.6 Å². The molecular weight excluding hydrogens is 188 g/mol. The average Bonchev–Trinajstić information content (AvgIpc) is 2.61. The average molecular weight is 202 g/mol. The SMILES string of the molecule is Cc1cccc2c1CC=C2C(C)C(=O)O. The number of hydrogen-bond acceptors (Lipinski definition) is 1. The molecule has 2 heteroatoms. The van der Waals surface area contributed by atoms with Gasteiger partial charge in [0.2, 0.25) is 0 Å². The molecule has 0 spiro atoms. The standard InChI is InChI=1S/C13H14O2/c1-8-4-3-5-12-10(8)6-7-11(12)9(2)13(14)15/h3-5,7,9H,6H2,1-2H3,(H,14,15). The van der Waals surface area contributed by atoms with Crippen molar-refractivity contribution < 1.29 is 9.90 Å². The smallest absolute Gasteiger partial charge is 0.310 e. The normalized spacial score (nSPS) is 15.7. The van der Waals surface area contributed by atoms with E-state index in [0.717, 1.165) is 17.6 Å². The molecule has 1 unspecified atom stereocenters. The minimum atomic E-state index is -0.754. The Balaban J connectivity index is 2.43. The Hall–Kier alpha value is -1.57. The lowest BCUT2D eigenvalue weighted by molar-refractivity contribution is -0.139. The molecule has 2 nitrogen and oxygen atoms in total. The van der Waals surface area contributed by atoms with Gasteiger partial charge in [0.05, 0.1) is 5.92 Å². The molecule has 1 N–H and O–H groups in total. The summed E-state index contributed by atoms with van der Waals surface area (Å²) in [4.78, 5) is 10.9. The molecule has 78 valence electrons. The van der Waals surface area contributed by atoms with Crippen LogP contribution in [-0.2, 0) is 11.2 Å². The van der Waals surface area contributed by atoms with Gasteiger partial charge in [0.1, 0.15) is 0 Å². The fourth-order valence-electron chi connectivity index (χ4n) is 2.11. The molecule has 0 heterocycles. The lowest BCUT2D eigenvalue weighted by Crippen LogP contribution is -2.10. The minimum Gasteiger partial charge on any atom is -0.481 e. The van der Waals surface area contributed by atoms with E-state index in [4.69, 9.17) is 5.11 Å². The third kappa shape index (κ3) is 1.56. The molecule has 0 aromatic heterocycles. The van der Waals surface area contributed by atoms with Crippen LogP contribution in [0.15, 0.2) is 24.3 Å². The van der Waals surface area contributed by atoms with Crippen molar-refractivity contribution >= 4 is 11.5 Å². The predicted molar refractivity (Wildman–Crippen MR) is 59.7 cm³/mol. The van der Waals surface area contributed by atoms with Crippen molar-refractivity contribution in [2.75, 3.05) is 0 Å². The number of aryl methyl sites for hydroxylation is 1. The third-order valence-corrected chi connectivity index (χ3v) is 3.08. The van der Waals surface area contributed by atoms with Crippen LogP contribution in [-0.4, -0.2) is 11.1 Å². The Morgan fingerprint density at radius 3 is 2.87 bits per heavy atom. The molecule has 1 atom stereocenters. The molecule has 0 radical (unpaired) electrons. The minimum absolute atomic E-state index is 0.409. The summed E-state index contributed by atoms with van der Waals surface area (Å²) in [5.74, 6) is -1.16. The molecule has 0 aliphatic heterocycles. The van der Waals surface area contributed by atoms with E-state index in [0.29, 0.717) is 0 Å². The van der Waals surface area contributed by atoms with Crippen LogP contribution in [0.3, 0.4) is 0 Å². The highest BCUT2D eigenvalue weighted by atomic mass is 16.4. The van der Waals surface area contributed by atoms with Crippen LogP contribution >= 0.6 is 0 Å². The van der Waals surface area contributed by atoms with Crippen LogP contribution in [0, 0.1) is 12.8 Å². The molecule has 0 saturated heterocycles. The zero-order valence-corrected chi connectivity index (χ0v) is 8.95. The summed E-state index contributed by atoms with van der Waals surface area (Å²) in [7, 11) is 0. The number of fused-ring (bicyclic) bond motifs is 1. The number of aliphatic carboxylic acids is 1. The first-order chi connectivity index (χ1) is 7.11. The lowest BCUT2D eigenvalue weighted by atomic mass is 9.94. The third-order valence-electron chi connectivity index (χ3n) is 3.08. The first kappa shape index (κ1) is 9.97. The zero-order chi connectivity index (χ0) is 11.0. The van der Waals surface area contributed by atoms with Gasteiger partial charge in [-0.05, 0) is 42.5 Å². The Morgan fingerprint density at radius 1 is 1.47 bits per heavy atom. The fourth-order valence-corrected chi connectivity index (χ4v) is 2.11. The molecule has 15 heavy (non-hydrogen) atoms. The van der Waals surface area contributed by atoms with E-state index >= 15 is 0 Å². The number of hydrogen-bond donors (Lipinski definition) is 1. The first-order valence-corrected chi connectivity index (χ1v) is 5.13. The number of allylic oxidation sites excluding steroid dienone is 1. The molecular formula is C13H14O2. The molecule has 1 aromatic carbocycles. The maximum atomic E-state index is 10.9. The lowest BCUT2D eigenvalue weighted by Gasteiger charge is -2.11. The molecule has 1 aliphatic carbocycles. The number of carboxylic acids is 1. The van der Waals surface area contributed by atoms with Crippen LogP contribution in [0.25, 0.3) is 5.57 Å². The monoisotopic (exact) mass is 202 g/mol. The molecule has 0 amide bonds. The van der Waals surface area contributed by atoms with E-state index in [9.17, 15) is 4.79 Å². The summed E-state index contributed by atoms with van der Waals surface area (Å²) in [6.45, 7) is 3.81. The van der Waals surface area contributed by atoms with Crippen molar-refractivity contribution in [2.45, 2.75) is 20.3 Å². The van der Waals surface area contributed by atoms with E-state index in [2.05, 4.69) is 13.0 Å². The fraction of sp³-hybridized carbons (Fsp3) is 0.308. The van der Waals surface area contributed by atoms with Gasteiger partial charge >= 0.3 is 5.97 Å². The van der Waals surface area contributed by atoms with Crippen molar-refractivity contribution in [1.82, 2.24) is 0 Å². The van der Waals surface area contributed by atoms with Gasteiger partial charge in [0.25, 0.3) is 0 Å². The van der Waals surface area contributed by atoms with Gasteiger partial charge in [-0.15, -0.1) is 0 Å². The summed E-state index contributed by atoms with van der Waals surface area (Å²) >= 11 is 0. The van der Waals surface area contributed by atoms with Crippen molar-refractivity contribution in [3.63, 3.8) is 0 Å². The number of carbonyl (C=O) groups is 1. The van der Waals surface area contributed by atoms with E-state index in [1.54, 1.807) is 6.92 Å². The number of benzene rings is 1. The molecule has 1 aromatic rings. The van der Waals surface area contributed by atoms with Gasteiger partial charge in [-0.2, -0.15) is 0 Å². The van der Waals surface area contributed by atoms with Gasteiger partial charge in [0.15, 0.2) is 0 Å². The quantitative estimate of drug-likeness (QED) is 0.800. The van der Waals surface area contributed by atoms with Crippen LogP contribution in [0.4, 0.5) is 0 Å². The van der Waals surface area contributed by atoms with Gasteiger partial charge in [-0.1, -0.05) is 24.3 Å². The number of rotatable bonds is 2. The molecule has 0 fully saturated rings. The van der Waals surface area contributed by atoms with E-state index < -0.39 is 11.9 Å². The van der Waals surface area contributed by atoms with E-state index in [1.807, 2.05) is 18.2 Å². The predicted octanol–water partition coefficient (Wildman–Crippen LogP) is 2.66. The van der Waals surface area contributed by atoms with Gasteiger partial charge < -0.3 is 5.11 Å². The summed E-state index contributed by atoms with van der Waals surface area (Å²) < 4.78 is 0. The van der Waals surface area contributed by atoms with Crippen molar-refractivity contribution in [3.8, 4) is 0 Å². The van der Waals surface area contributed by atoms with Crippen LogP contribution in [0.2, 0.25) is 0 Å². The molecule has 1 aliphatic rings. The molecule has 0 bridgehead atoms. The van der Waals surface area contributed by atoms with Gasteiger partial charge in [-0.3, -0.25) is 4.79 Å². The van der Waals surface area contributed by atoms with Crippen molar-refractivity contribution in [1.29, 1.82) is 0 Å². The zero-order valence-electron chi connectivity index (χ0n) is 8.95. The largest absolute Gasteiger partial charge is 0.481 e. The Bertz CT molecular complexity index is 444. The van der Waals surface area contributed by atoms with Crippen LogP contribution < -0.4 is 0 Å². The second kappa shape index (κ2) is 3.54. The maximum Gasteiger partial charge on any atom is 0.310 e. The Kier molecular flexibility index (Phi) is 2.35. The summed E-state index contributed by atoms with van der Waals surface area (Å²) in [5, 5.41) is 9.00. The number of carboxylic acid groups (broad SMARTS) is 1. The van der Waals surface area contributed by atoms with Crippen molar-refractivity contribution in [3.05, 3.63) is 41.0 Å². The second-order valence-electron chi connectivity index (χ2n) is 4.02. The highest BCUT2D eigenvalue weighted by Crippen LogP contribution is 2.34. The topological polar surface area (TPSA) is 37.3 Å². The summed E-state index contributed by atoms with van der Waals surface area (Å²) in [5.41, 5.74) is 4.60. The summed E-state index contributed by atoms with van der Waals surface area (Å²) in [6, 6.07) is 6.07.